The predicted octanol–water partition coefficient (Wildman–Crippen LogP) is 3.49. The topological polar surface area (TPSA) is 58.4 Å². The van der Waals surface area contributed by atoms with Crippen molar-refractivity contribution in [3.8, 4) is 0 Å². The van der Waals surface area contributed by atoms with Crippen LogP contribution in [0.15, 0.2) is 12.1 Å². The van der Waals surface area contributed by atoms with Gasteiger partial charge in [0.1, 0.15) is 0 Å². The molecule has 1 aliphatic rings. The maximum Gasteiger partial charge on any atom is 0.324 e. The molecule has 5 nitrogen and oxygen atoms in total. The Morgan fingerprint density at radius 1 is 1.33 bits per heavy atom. The van der Waals surface area contributed by atoms with Crippen LogP contribution in [0, 0.1) is 16.0 Å². The van der Waals surface area contributed by atoms with Crippen molar-refractivity contribution in [1.82, 2.24) is 10.2 Å². The first-order valence-corrected chi connectivity index (χ1v) is 7.58. The lowest BCUT2D eigenvalue weighted by Crippen LogP contribution is -2.45. The van der Waals surface area contributed by atoms with Gasteiger partial charge in [0.05, 0.1) is 4.92 Å². The van der Waals surface area contributed by atoms with Gasteiger partial charge in [0.2, 0.25) is 0 Å². The summed E-state index contributed by atoms with van der Waals surface area (Å²) >= 11 is 1.32. The first kappa shape index (κ1) is 20.6. The Balaban J connectivity index is 0.00000200. The second kappa shape index (κ2) is 9.58. The minimum Gasteiger partial charge on any atom is -0.314 e. The monoisotopic (exact) mass is 355 g/mol. The van der Waals surface area contributed by atoms with Crippen LogP contribution in [0.3, 0.4) is 0 Å². The highest BCUT2D eigenvalue weighted by Gasteiger charge is 2.25. The number of thiophene rings is 1. The summed E-state index contributed by atoms with van der Waals surface area (Å²) in [6.07, 6.45) is 1.05. The van der Waals surface area contributed by atoms with Crippen molar-refractivity contribution in [1.29, 1.82) is 0 Å². The molecule has 0 aliphatic carbocycles. The van der Waals surface area contributed by atoms with Crippen LogP contribution in [0.25, 0.3) is 0 Å². The third kappa shape index (κ3) is 5.71. The summed E-state index contributed by atoms with van der Waals surface area (Å²) in [5.41, 5.74) is 0. The van der Waals surface area contributed by atoms with Crippen molar-refractivity contribution < 1.29 is 4.92 Å². The smallest absolute Gasteiger partial charge is 0.314 e. The summed E-state index contributed by atoms with van der Waals surface area (Å²) in [5, 5.41) is 14.4. The van der Waals surface area contributed by atoms with E-state index in [-0.39, 0.29) is 34.7 Å². The van der Waals surface area contributed by atoms with Crippen molar-refractivity contribution in [3.63, 3.8) is 0 Å². The molecule has 0 spiro atoms. The van der Waals surface area contributed by atoms with E-state index in [1.54, 1.807) is 6.07 Å². The third-order valence-electron chi connectivity index (χ3n) is 3.41. The van der Waals surface area contributed by atoms with Gasteiger partial charge >= 0.3 is 5.00 Å². The van der Waals surface area contributed by atoms with Gasteiger partial charge in [-0.1, -0.05) is 25.2 Å². The van der Waals surface area contributed by atoms with E-state index in [0.717, 1.165) is 37.5 Å². The van der Waals surface area contributed by atoms with Gasteiger partial charge in [0.15, 0.2) is 0 Å². The maximum atomic E-state index is 10.8. The largest absolute Gasteiger partial charge is 0.324 e. The fraction of sp³-hybridized carbons (Fsp3) is 0.692. The Morgan fingerprint density at radius 2 is 1.95 bits per heavy atom. The average Bonchev–Trinajstić information content (AvgIpc) is 2.86. The van der Waals surface area contributed by atoms with Crippen LogP contribution in [-0.4, -0.2) is 36.0 Å². The lowest BCUT2D eigenvalue weighted by atomic mass is 10.0. The highest BCUT2D eigenvalue weighted by Crippen LogP contribution is 2.35. The molecule has 1 aromatic heterocycles. The molecule has 0 saturated carbocycles. The first-order valence-electron chi connectivity index (χ1n) is 6.77. The van der Waals surface area contributed by atoms with Crippen LogP contribution in [0.2, 0.25) is 0 Å². The summed E-state index contributed by atoms with van der Waals surface area (Å²) < 4.78 is 0. The SMILES string of the molecule is CC(C)C[C@@H](c1ccc([N+](=O)[O-])s1)N1CCNCC1.Cl.Cl. The van der Waals surface area contributed by atoms with Gasteiger partial charge < -0.3 is 5.32 Å². The van der Waals surface area contributed by atoms with Crippen LogP contribution in [0.1, 0.15) is 31.2 Å². The minimum atomic E-state index is -0.293. The minimum absolute atomic E-state index is 0. The van der Waals surface area contributed by atoms with E-state index in [1.165, 1.54) is 11.3 Å². The standard InChI is InChI=1S/C13H21N3O2S.2ClH/c1-10(2)9-11(15-7-5-14-6-8-15)12-3-4-13(19-12)16(17)18;;/h3-4,10-11,14H,5-9H2,1-2H3;2*1H/t11-;;/m0../s1. The molecular formula is C13H23Cl2N3O2S. The van der Waals surface area contributed by atoms with Gasteiger partial charge in [-0.05, 0) is 18.4 Å². The number of hydrogen-bond acceptors (Lipinski definition) is 5. The summed E-state index contributed by atoms with van der Waals surface area (Å²) in [6, 6.07) is 3.88. The zero-order chi connectivity index (χ0) is 13.8. The van der Waals surface area contributed by atoms with Gasteiger partial charge in [-0.3, -0.25) is 15.0 Å². The van der Waals surface area contributed by atoms with Crippen molar-refractivity contribution in [2.75, 3.05) is 26.2 Å². The molecule has 1 saturated heterocycles. The fourth-order valence-electron chi connectivity index (χ4n) is 2.50. The van der Waals surface area contributed by atoms with Gasteiger partial charge in [0, 0.05) is 43.2 Å². The molecule has 1 aromatic rings. The number of nitrogens with zero attached hydrogens (tertiary/aromatic N) is 2. The molecule has 8 heteroatoms. The van der Waals surface area contributed by atoms with Gasteiger partial charge in [-0.2, -0.15) is 0 Å². The Hall–Kier alpha value is -0.400. The van der Waals surface area contributed by atoms with E-state index in [2.05, 4.69) is 24.1 Å². The zero-order valence-corrected chi connectivity index (χ0v) is 14.7. The zero-order valence-electron chi connectivity index (χ0n) is 12.3. The van der Waals surface area contributed by atoms with Crippen LogP contribution in [0.4, 0.5) is 5.00 Å². The molecule has 0 aromatic carbocycles. The lowest BCUT2D eigenvalue weighted by Gasteiger charge is -2.35. The molecule has 1 atom stereocenters. The van der Waals surface area contributed by atoms with Crippen molar-refractivity contribution in [2.24, 2.45) is 5.92 Å². The quantitative estimate of drug-likeness (QED) is 0.648. The molecule has 0 unspecified atom stereocenters. The molecule has 21 heavy (non-hydrogen) atoms. The summed E-state index contributed by atoms with van der Waals surface area (Å²) in [4.78, 5) is 14.1. The van der Waals surface area contributed by atoms with Gasteiger partial charge in [-0.25, -0.2) is 0 Å². The number of rotatable bonds is 5. The number of nitrogens with one attached hydrogen (secondary N) is 1. The molecule has 0 radical (unpaired) electrons. The summed E-state index contributed by atoms with van der Waals surface area (Å²) in [6.45, 7) is 8.45. The summed E-state index contributed by atoms with van der Waals surface area (Å²) in [7, 11) is 0. The Labute approximate surface area is 142 Å². The van der Waals surface area contributed by atoms with Crippen LogP contribution >= 0.6 is 36.2 Å². The number of halogens is 2. The number of hydrogen-bond donors (Lipinski definition) is 1. The van der Waals surface area contributed by atoms with E-state index >= 15 is 0 Å². The maximum absolute atomic E-state index is 10.8. The first-order chi connectivity index (χ1) is 9.08. The van der Waals surface area contributed by atoms with E-state index in [4.69, 9.17) is 0 Å². The van der Waals surface area contributed by atoms with Crippen LogP contribution in [-0.2, 0) is 0 Å². The molecule has 2 heterocycles. The highest BCUT2D eigenvalue weighted by molar-refractivity contribution is 7.15. The summed E-state index contributed by atoms with van der Waals surface area (Å²) in [5.74, 6) is 0.584. The second-order valence-corrected chi connectivity index (χ2v) is 6.46. The Morgan fingerprint density at radius 3 is 2.43 bits per heavy atom. The van der Waals surface area contributed by atoms with E-state index in [9.17, 15) is 10.1 Å². The molecule has 122 valence electrons. The molecule has 1 N–H and O–H groups in total. The van der Waals surface area contributed by atoms with E-state index < -0.39 is 0 Å². The average molecular weight is 356 g/mol. The van der Waals surface area contributed by atoms with E-state index in [0.29, 0.717) is 12.0 Å². The highest BCUT2D eigenvalue weighted by atomic mass is 35.5. The predicted molar refractivity (Wildman–Crippen MR) is 92.1 cm³/mol. The van der Waals surface area contributed by atoms with Gasteiger partial charge in [-0.15, -0.1) is 24.8 Å². The Kier molecular flexibility index (Phi) is 9.40. The second-order valence-electron chi connectivity index (χ2n) is 5.36. The lowest BCUT2D eigenvalue weighted by molar-refractivity contribution is -0.380. The molecular weight excluding hydrogens is 333 g/mol. The van der Waals surface area contributed by atoms with Gasteiger partial charge in [0.25, 0.3) is 0 Å². The fourth-order valence-corrected chi connectivity index (χ4v) is 3.47. The van der Waals surface area contributed by atoms with E-state index in [1.807, 2.05) is 6.07 Å². The van der Waals surface area contributed by atoms with Crippen LogP contribution in [0.5, 0.6) is 0 Å². The molecule has 0 amide bonds. The van der Waals surface area contributed by atoms with Crippen LogP contribution < -0.4 is 5.32 Å². The Bertz CT molecular complexity index is 437. The molecule has 1 aliphatic heterocycles. The number of nitro groups is 1. The van der Waals surface area contributed by atoms with Crippen molar-refractivity contribution >= 4 is 41.2 Å². The van der Waals surface area contributed by atoms with Crippen molar-refractivity contribution in [3.05, 3.63) is 27.1 Å². The molecule has 1 fully saturated rings. The molecule has 0 bridgehead atoms. The normalized spacial score (nSPS) is 16.9. The molecule has 2 rings (SSSR count). The third-order valence-corrected chi connectivity index (χ3v) is 4.55. The van der Waals surface area contributed by atoms with Crippen molar-refractivity contribution in [2.45, 2.75) is 26.3 Å². The number of piperazine rings is 1.